The normalized spacial score (nSPS) is 9.00. The van der Waals surface area contributed by atoms with Gasteiger partial charge < -0.3 is 16.5 Å². The summed E-state index contributed by atoms with van der Waals surface area (Å²) >= 11 is 0. The zero-order chi connectivity index (χ0) is 9.68. The molecule has 1 aromatic heterocycles. The molecule has 0 amide bonds. The molecule has 0 aliphatic rings. The molecule has 0 saturated carbocycles. The molecule has 1 aromatic rings. The van der Waals surface area contributed by atoms with Gasteiger partial charge in [0.2, 0.25) is 5.43 Å². The second-order valence-corrected chi connectivity index (χ2v) is 2.49. The molecule has 0 aromatic carbocycles. The van der Waals surface area contributed by atoms with Crippen LogP contribution >= 0.6 is 0 Å². The quantitative estimate of drug-likeness (QED) is 0.513. The van der Waals surface area contributed by atoms with Gasteiger partial charge in [-0.1, -0.05) is 11.8 Å². The maximum Gasteiger partial charge on any atom is 0.219 e. The number of rotatable bonds is 1. The fourth-order valence-corrected chi connectivity index (χ4v) is 0.824. The molecule has 0 unspecified atom stereocenters. The average Bonchev–Trinajstić information content (AvgIpc) is 2.13. The van der Waals surface area contributed by atoms with Crippen LogP contribution in [0.4, 0.5) is 5.69 Å². The molecule has 68 valence electrons. The van der Waals surface area contributed by atoms with Crippen molar-refractivity contribution in [2.24, 2.45) is 5.73 Å². The summed E-state index contributed by atoms with van der Waals surface area (Å²) in [4.78, 5) is 14.0. The molecule has 0 radical (unpaired) electrons. The van der Waals surface area contributed by atoms with Crippen LogP contribution in [-0.4, -0.2) is 11.5 Å². The van der Waals surface area contributed by atoms with Gasteiger partial charge in [-0.25, -0.2) is 0 Å². The van der Waals surface area contributed by atoms with Crippen molar-refractivity contribution >= 4 is 5.69 Å². The minimum Gasteiger partial charge on any atom is -0.394 e. The van der Waals surface area contributed by atoms with Crippen LogP contribution in [0.15, 0.2) is 17.2 Å². The Balaban J connectivity index is 2.98. The highest BCUT2D eigenvalue weighted by molar-refractivity contribution is 5.44. The first-order valence-electron chi connectivity index (χ1n) is 3.91. The molecule has 0 aliphatic carbocycles. The number of H-pyrrole nitrogens is 1. The van der Waals surface area contributed by atoms with Crippen molar-refractivity contribution in [2.45, 2.75) is 6.42 Å². The van der Waals surface area contributed by atoms with Crippen molar-refractivity contribution in [3.63, 3.8) is 0 Å². The Morgan fingerprint density at radius 1 is 1.46 bits per heavy atom. The van der Waals surface area contributed by atoms with Crippen LogP contribution in [0.3, 0.4) is 0 Å². The third-order valence-corrected chi connectivity index (χ3v) is 1.47. The van der Waals surface area contributed by atoms with E-state index in [9.17, 15) is 4.79 Å². The summed E-state index contributed by atoms with van der Waals surface area (Å²) in [7, 11) is 0. The van der Waals surface area contributed by atoms with Crippen molar-refractivity contribution in [1.29, 1.82) is 0 Å². The number of anilines is 1. The molecule has 13 heavy (non-hydrogen) atoms. The third-order valence-electron chi connectivity index (χ3n) is 1.47. The van der Waals surface area contributed by atoms with Crippen LogP contribution < -0.4 is 16.9 Å². The SMILES string of the molecule is NCCC#Cc1c[nH]cc(N)c1=O. The zero-order valence-corrected chi connectivity index (χ0v) is 7.13. The van der Waals surface area contributed by atoms with E-state index in [1.165, 1.54) is 12.4 Å². The maximum atomic E-state index is 11.3. The Bertz CT molecular complexity index is 397. The van der Waals surface area contributed by atoms with Crippen LogP contribution in [0.2, 0.25) is 0 Å². The molecule has 0 saturated heterocycles. The highest BCUT2D eigenvalue weighted by atomic mass is 16.1. The molecule has 4 nitrogen and oxygen atoms in total. The molecule has 5 N–H and O–H groups in total. The van der Waals surface area contributed by atoms with Crippen molar-refractivity contribution in [2.75, 3.05) is 12.3 Å². The first-order chi connectivity index (χ1) is 6.25. The van der Waals surface area contributed by atoms with Crippen molar-refractivity contribution in [3.8, 4) is 11.8 Å². The lowest BCUT2D eigenvalue weighted by molar-refractivity contribution is 1.03. The highest BCUT2D eigenvalue weighted by Gasteiger charge is 1.97. The third kappa shape index (κ3) is 2.36. The Labute approximate surface area is 76.0 Å². The Hall–Kier alpha value is -1.73. The molecule has 0 fully saturated rings. The van der Waals surface area contributed by atoms with Crippen LogP contribution in [0, 0.1) is 11.8 Å². The van der Waals surface area contributed by atoms with E-state index in [4.69, 9.17) is 11.5 Å². The second-order valence-electron chi connectivity index (χ2n) is 2.49. The van der Waals surface area contributed by atoms with E-state index in [-0.39, 0.29) is 11.1 Å². The maximum absolute atomic E-state index is 11.3. The number of nitrogens with one attached hydrogen (secondary N) is 1. The minimum atomic E-state index is -0.233. The Morgan fingerprint density at radius 2 is 2.23 bits per heavy atom. The minimum absolute atomic E-state index is 0.180. The van der Waals surface area contributed by atoms with Crippen molar-refractivity contribution in [1.82, 2.24) is 4.98 Å². The number of hydrogen-bond acceptors (Lipinski definition) is 3. The smallest absolute Gasteiger partial charge is 0.219 e. The van der Waals surface area contributed by atoms with Crippen LogP contribution in [0.5, 0.6) is 0 Å². The number of aromatic nitrogens is 1. The summed E-state index contributed by atoms with van der Waals surface area (Å²) in [6.45, 7) is 0.493. The van der Waals surface area contributed by atoms with E-state index in [0.717, 1.165) is 0 Å². The molecule has 4 heteroatoms. The zero-order valence-electron chi connectivity index (χ0n) is 7.13. The summed E-state index contributed by atoms with van der Waals surface area (Å²) in [6.07, 6.45) is 3.55. The average molecular weight is 177 g/mol. The summed E-state index contributed by atoms with van der Waals surface area (Å²) in [5, 5.41) is 0. The number of hydrogen-bond donors (Lipinski definition) is 3. The molecule has 1 rings (SSSR count). The number of nitrogens with two attached hydrogens (primary N) is 2. The second kappa shape index (κ2) is 4.33. The lowest BCUT2D eigenvalue weighted by Gasteiger charge is -1.91. The number of pyridine rings is 1. The van der Waals surface area contributed by atoms with Crippen molar-refractivity contribution < 1.29 is 0 Å². The molecular formula is C9H11N3O. The van der Waals surface area contributed by atoms with Gasteiger partial charge in [0.05, 0.1) is 11.3 Å². The largest absolute Gasteiger partial charge is 0.394 e. The summed E-state index contributed by atoms with van der Waals surface area (Å²) in [6, 6.07) is 0. The standard InChI is InChI=1S/C9H11N3O/c10-4-2-1-3-7-5-12-6-8(11)9(7)13/h5-6H,2,4,10-11H2,(H,12,13). The predicted molar refractivity (Wildman–Crippen MR) is 52.0 cm³/mol. The monoisotopic (exact) mass is 177 g/mol. The van der Waals surface area contributed by atoms with Gasteiger partial charge in [0.25, 0.3) is 0 Å². The van der Waals surface area contributed by atoms with E-state index in [1.807, 2.05) is 0 Å². The lowest BCUT2D eigenvalue weighted by Crippen LogP contribution is -2.11. The van der Waals surface area contributed by atoms with Crippen LogP contribution in [-0.2, 0) is 0 Å². The molecule has 0 aliphatic heterocycles. The Morgan fingerprint density at radius 3 is 2.92 bits per heavy atom. The highest BCUT2D eigenvalue weighted by Crippen LogP contribution is 1.91. The molecule has 0 bridgehead atoms. The van der Waals surface area contributed by atoms with Gasteiger partial charge in [0.1, 0.15) is 0 Å². The fraction of sp³-hybridized carbons (Fsp3) is 0.222. The van der Waals surface area contributed by atoms with Gasteiger partial charge in [-0.05, 0) is 0 Å². The Kier molecular flexibility index (Phi) is 3.12. The number of nitrogen functional groups attached to an aromatic ring is 1. The van der Waals surface area contributed by atoms with Gasteiger partial charge in [-0.3, -0.25) is 4.79 Å². The van der Waals surface area contributed by atoms with E-state index >= 15 is 0 Å². The summed E-state index contributed by atoms with van der Waals surface area (Å²) in [5.74, 6) is 5.47. The topological polar surface area (TPSA) is 84.9 Å². The van der Waals surface area contributed by atoms with Gasteiger partial charge >= 0.3 is 0 Å². The molecule has 0 spiro atoms. The van der Waals surface area contributed by atoms with Gasteiger partial charge in [-0.15, -0.1) is 0 Å². The van der Waals surface area contributed by atoms with E-state index < -0.39 is 0 Å². The summed E-state index contributed by atoms with van der Waals surface area (Å²) < 4.78 is 0. The molecule has 1 heterocycles. The van der Waals surface area contributed by atoms with Crippen LogP contribution in [0.1, 0.15) is 12.0 Å². The lowest BCUT2D eigenvalue weighted by atomic mass is 10.2. The van der Waals surface area contributed by atoms with Gasteiger partial charge in [0.15, 0.2) is 0 Å². The molecular weight excluding hydrogens is 166 g/mol. The van der Waals surface area contributed by atoms with Crippen LogP contribution in [0.25, 0.3) is 0 Å². The fourth-order valence-electron chi connectivity index (χ4n) is 0.824. The van der Waals surface area contributed by atoms with Gasteiger partial charge in [0, 0.05) is 25.4 Å². The van der Waals surface area contributed by atoms with Gasteiger partial charge in [-0.2, -0.15) is 0 Å². The first-order valence-corrected chi connectivity index (χ1v) is 3.91. The van der Waals surface area contributed by atoms with E-state index in [0.29, 0.717) is 18.5 Å². The molecule has 0 atom stereocenters. The number of aromatic amines is 1. The first kappa shape index (κ1) is 9.36. The van der Waals surface area contributed by atoms with E-state index in [2.05, 4.69) is 16.8 Å². The van der Waals surface area contributed by atoms with E-state index in [1.54, 1.807) is 0 Å². The summed E-state index contributed by atoms with van der Waals surface area (Å²) in [5.41, 5.74) is 11.0. The predicted octanol–water partition coefficient (Wildman–Crippen LogP) is -0.343. The van der Waals surface area contributed by atoms with Crippen molar-refractivity contribution in [3.05, 3.63) is 28.2 Å².